The smallest absolute Gasteiger partial charge is 0.110 e. The van der Waals surface area contributed by atoms with Crippen LogP contribution in [0.3, 0.4) is 0 Å². The summed E-state index contributed by atoms with van der Waals surface area (Å²) < 4.78 is 0. The fraction of sp³-hybridized carbons (Fsp3) is 0.588. The van der Waals surface area contributed by atoms with E-state index in [4.69, 9.17) is 0 Å². The van der Waals surface area contributed by atoms with Crippen LogP contribution in [-0.4, -0.2) is 11.1 Å². The lowest BCUT2D eigenvalue weighted by molar-refractivity contribution is -0.00999. The molecular formula is C34H44N2. The molecule has 2 aromatic carbocycles. The number of nitrogens with zero attached hydrogens (tertiary/aromatic N) is 2. The van der Waals surface area contributed by atoms with Crippen LogP contribution in [0.5, 0.6) is 0 Å². The molecule has 0 bridgehead atoms. The van der Waals surface area contributed by atoms with Crippen LogP contribution < -0.4 is 4.90 Å². The first-order valence-electron chi connectivity index (χ1n) is 15.2. The normalized spacial score (nSPS) is 26.8. The standard InChI is InChI=1S/C34H44N2/c1-24-14-6-13-23-31(24)35-25(2)32-29-21-11-12-22-30(29)34(27-17-7-8-18-27,28-19-9-10-20-28)36(32)33(35)26-15-4-3-5-16-26/h6,11-14,21-23,26-28,33H,3-5,7-10,15-20H2,1-2H3. The first kappa shape index (κ1) is 22.9. The first-order chi connectivity index (χ1) is 17.7. The van der Waals surface area contributed by atoms with Gasteiger partial charge in [0, 0.05) is 16.9 Å². The van der Waals surface area contributed by atoms with Crippen LogP contribution in [0.2, 0.25) is 0 Å². The zero-order valence-corrected chi connectivity index (χ0v) is 22.5. The van der Waals surface area contributed by atoms with E-state index in [1.807, 2.05) is 0 Å². The molecule has 3 aliphatic carbocycles. The molecule has 190 valence electrons. The van der Waals surface area contributed by atoms with Gasteiger partial charge in [-0.25, -0.2) is 0 Å². The molecule has 0 spiro atoms. The summed E-state index contributed by atoms with van der Waals surface area (Å²) in [6.07, 6.45) is 18.8. The molecule has 2 heteroatoms. The van der Waals surface area contributed by atoms with Gasteiger partial charge in [0.2, 0.25) is 0 Å². The van der Waals surface area contributed by atoms with Gasteiger partial charge in [0.25, 0.3) is 0 Å². The van der Waals surface area contributed by atoms with Gasteiger partial charge < -0.3 is 9.80 Å². The third kappa shape index (κ3) is 3.15. The zero-order valence-electron chi connectivity index (χ0n) is 22.5. The van der Waals surface area contributed by atoms with E-state index >= 15 is 0 Å². The highest BCUT2D eigenvalue weighted by Crippen LogP contribution is 2.65. The molecular weight excluding hydrogens is 436 g/mol. The maximum Gasteiger partial charge on any atom is 0.110 e. The lowest BCUT2D eigenvalue weighted by atomic mass is 9.67. The van der Waals surface area contributed by atoms with E-state index < -0.39 is 0 Å². The molecule has 2 heterocycles. The molecule has 2 aliphatic heterocycles. The largest absolute Gasteiger partial charge is 0.338 e. The molecule has 0 saturated heterocycles. The van der Waals surface area contributed by atoms with Gasteiger partial charge in [-0.15, -0.1) is 0 Å². The van der Waals surface area contributed by atoms with E-state index in [0.717, 1.165) is 17.8 Å². The number of aryl methyl sites for hydroxylation is 1. The molecule has 2 nitrogen and oxygen atoms in total. The number of benzene rings is 2. The van der Waals surface area contributed by atoms with Gasteiger partial charge >= 0.3 is 0 Å². The van der Waals surface area contributed by atoms with Crippen molar-refractivity contribution >= 4 is 11.4 Å². The number of hydrogen-bond acceptors (Lipinski definition) is 2. The summed E-state index contributed by atoms with van der Waals surface area (Å²) in [5, 5.41) is 0. The van der Waals surface area contributed by atoms with Crippen LogP contribution in [0.25, 0.3) is 5.70 Å². The number of anilines is 1. The number of hydrogen-bond donors (Lipinski definition) is 0. The molecule has 0 aromatic heterocycles. The van der Waals surface area contributed by atoms with Crippen molar-refractivity contribution in [2.24, 2.45) is 17.8 Å². The Balaban J connectivity index is 1.50. The van der Waals surface area contributed by atoms with E-state index in [0.29, 0.717) is 6.17 Å². The van der Waals surface area contributed by atoms with Crippen LogP contribution in [0.4, 0.5) is 5.69 Å². The lowest BCUT2D eigenvalue weighted by Crippen LogP contribution is -2.58. The van der Waals surface area contributed by atoms with Gasteiger partial charge in [-0.2, -0.15) is 0 Å². The van der Waals surface area contributed by atoms with Crippen LogP contribution in [-0.2, 0) is 5.54 Å². The second kappa shape index (κ2) is 8.96. The van der Waals surface area contributed by atoms with Crippen molar-refractivity contribution < 1.29 is 0 Å². The highest BCUT2D eigenvalue weighted by molar-refractivity contribution is 5.83. The highest BCUT2D eigenvalue weighted by Gasteiger charge is 2.63. The molecule has 36 heavy (non-hydrogen) atoms. The topological polar surface area (TPSA) is 6.48 Å². The number of para-hydroxylation sites is 1. The van der Waals surface area contributed by atoms with Crippen molar-refractivity contribution in [2.75, 3.05) is 4.90 Å². The van der Waals surface area contributed by atoms with Gasteiger partial charge in [0.05, 0.1) is 11.2 Å². The minimum Gasteiger partial charge on any atom is -0.338 e. The zero-order chi connectivity index (χ0) is 24.3. The van der Waals surface area contributed by atoms with Crippen molar-refractivity contribution in [3.8, 4) is 0 Å². The SMILES string of the molecule is CC1=C2c3ccccc3C(C3CCCC3)(C3CCCC3)N2C(C2CCCCC2)N1c1ccccc1C. The maximum absolute atomic E-state index is 3.13. The molecule has 3 saturated carbocycles. The first-order valence-corrected chi connectivity index (χ1v) is 15.2. The van der Waals surface area contributed by atoms with E-state index in [-0.39, 0.29) is 5.54 Å². The Morgan fingerprint density at radius 1 is 0.667 bits per heavy atom. The Labute approximate surface area is 218 Å². The van der Waals surface area contributed by atoms with Crippen molar-refractivity contribution in [2.45, 2.75) is 109 Å². The predicted octanol–water partition coefficient (Wildman–Crippen LogP) is 9.00. The lowest BCUT2D eigenvalue weighted by Gasteiger charge is -2.54. The monoisotopic (exact) mass is 480 g/mol. The van der Waals surface area contributed by atoms with Crippen molar-refractivity contribution in [3.63, 3.8) is 0 Å². The van der Waals surface area contributed by atoms with E-state index in [1.54, 1.807) is 16.8 Å². The Morgan fingerprint density at radius 2 is 1.25 bits per heavy atom. The average molecular weight is 481 g/mol. The second-order valence-corrected chi connectivity index (χ2v) is 12.6. The Morgan fingerprint density at radius 3 is 1.92 bits per heavy atom. The minimum absolute atomic E-state index is 0.180. The summed E-state index contributed by atoms with van der Waals surface area (Å²) in [4.78, 5) is 5.96. The maximum atomic E-state index is 3.13. The summed E-state index contributed by atoms with van der Waals surface area (Å²) in [6, 6.07) is 18.9. The van der Waals surface area contributed by atoms with Crippen LogP contribution >= 0.6 is 0 Å². The van der Waals surface area contributed by atoms with Gasteiger partial charge in [-0.1, -0.05) is 87.4 Å². The summed E-state index contributed by atoms with van der Waals surface area (Å²) in [5.41, 5.74) is 9.39. The molecule has 0 N–H and O–H groups in total. The number of fused-ring (bicyclic) bond motifs is 3. The van der Waals surface area contributed by atoms with Gasteiger partial charge in [0.1, 0.15) is 6.17 Å². The quantitative estimate of drug-likeness (QED) is 0.431. The van der Waals surface area contributed by atoms with E-state index in [9.17, 15) is 0 Å². The van der Waals surface area contributed by atoms with E-state index in [1.165, 1.54) is 100 Å². The summed E-state index contributed by atoms with van der Waals surface area (Å²) in [6.45, 7) is 4.78. The van der Waals surface area contributed by atoms with Gasteiger partial charge in [-0.05, 0) is 87.3 Å². The van der Waals surface area contributed by atoms with Crippen molar-refractivity contribution in [3.05, 3.63) is 70.9 Å². The molecule has 2 aromatic rings. The summed E-state index contributed by atoms with van der Waals surface area (Å²) in [7, 11) is 0. The fourth-order valence-electron chi connectivity index (χ4n) is 9.54. The third-order valence-corrected chi connectivity index (χ3v) is 10.9. The molecule has 1 unspecified atom stereocenters. The molecule has 1 atom stereocenters. The van der Waals surface area contributed by atoms with Crippen molar-refractivity contribution in [1.82, 2.24) is 4.90 Å². The second-order valence-electron chi connectivity index (χ2n) is 12.6. The van der Waals surface area contributed by atoms with Crippen LogP contribution in [0.15, 0.2) is 54.2 Å². The molecule has 0 amide bonds. The summed E-state index contributed by atoms with van der Waals surface area (Å²) in [5.74, 6) is 2.31. The fourth-order valence-corrected chi connectivity index (χ4v) is 9.54. The summed E-state index contributed by atoms with van der Waals surface area (Å²) >= 11 is 0. The van der Waals surface area contributed by atoms with E-state index in [2.05, 4.69) is 72.2 Å². The van der Waals surface area contributed by atoms with Crippen LogP contribution in [0, 0.1) is 24.7 Å². The molecule has 5 aliphatic rings. The predicted molar refractivity (Wildman–Crippen MR) is 150 cm³/mol. The van der Waals surface area contributed by atoms with Crippen LogP contribution in [0.1, 0.15) is 107 Å². The Bertz CT molecular complexity index is 1130. The number of allylic oxidation sites excluding steroid dienone is 1. The molecule has 7 rings (SSSR count). The number of rotatable bonds is 4. The van der Waals surface area contributed by atoms with Gasteiger partial charge in [-0.3, -0.25) is 0 Å². The minimum atomic E-state index is 0.180. The molecule has 0 radical (unpaired) electrons. The average Bonchev–Trinajstić information content (AvgIpc) is 3.71. The van der Waals surface area contributed by atoms with Crippen molar-refractivity contribution in [1.29, 1.82) is 0 Å². The Hall–Kier alpha value is -2.22. The highest BCUT2D eigenvalue weighted by atomic mass is 15.5. The van der Waals surface area contributed by atoms with Gasteiger partial charge in [0.15, 0.2) is 0 Å². The third-order valence-electron chi connectivity index (χ3n) is 10.9. The Kier molecular flexibility index (Phi) is 5.71. The molecule has 3 fully saturated rings.